The van der Waals surface area contributed by atoms with Crippen LogP contribution in [0.2, 0.25) is 0 Å². The van der Waals surface area contributed by atoms with Crippen molar-refractivity contribution in [2.45, 2.75) is 174 Å². The van der Waals surface area contributed by atoms with Gasteiger partial charge in [-0.1, -0.05) is 149 Å². The van der Waals surface area contributed by atoms with Gasteiger partial charge in [-0.2, -0.15) is 0 Å². The van der Waals surface area contributed by atoms with E-state index in [9.17, 15) is 10.2 Å². The third-order valence-corrected chi connectivity index (χ3v) is 6.40. The van der Waals surface area contributed by atoms with Gasteiger partial charge in [-0.05, 0) is 12.8 Å². The highest BCUT2D eigenvalue weighted by Gasteiger charge is 2.15. The highest BCUT2D eigenvalue weighted by Crippen LogP contribution is 2.16. The molecule has 2 heteroatoms. The van der Waals surface area contributed by atoms with Gasteiger partial charge in [0.2, 0.25) is 0 Å². The fraction of sp³-hybridized carbons (Fsp3) is 1.00. The summed E-state index contributed by atoms with van der Waals surface area (Å²) in [6.07, 6.45) is 28.5. The zero-order chi connectivity index (χ0) is 21.4. The van der Waals surface area contributed by atoms with Crippen LogP contribution < -0.4 is 0 Å². The molecule has 0 heterocycles. The van der Waals surface area contributed by atoms with Crippen LogP contribution in [0.4, 0.5) is 0 Å². The lowest BCUT2D eigenvalue weighted by molar-refractivity contribution is 0.00712. The minimum Gasteiger partial charge on any atom is -0.390 e. The van der Waals surface area contributed by atoms with Gasteiger partial charge in [-0.25, -0.2) is 0 Å². The molecule has 0 amide bonds. The number of aliphatic hydroxyl groups is 2. The van der Waals surface area contributed by atoms with Crippen molar-refractivity contribution in [2.24, 2.45) is 0 Å². The summed E-state index contributed by atoms with van der Waals surface area (Å²) in [5.41, 5.74) is 0. The SMILES string of the molecule is CCCCCCCCCCCCCCCCCC[C@H](O)[C@H](O)CCCCCCC. The molecular formula is C27H56O2. The Morgan fingerprint density at radius 3 is 0.793 bits per heavy atom. The van der Waals surface area contributed by atoms with Gasteiger partial charge in [-0.3, -0.25) is 0 Å². The molecule has 0 aromatic carbocycles. The average molecular weight is 413 g/mol. The van der Waals surface area contributed by atoms with Crippen LogP contribution in [0, 0.1) is 0 Å². The van der Waals surface area contributed by atoms with Crippen LogP contribution >= 0.6 is 0 Å². The Labute approximate surface area is 184 Å². The summed E-state index contributed by atoms with van der Waals surface area (Å²) in [4.78, 5) is 0. The predicted octanol–water partition coefficient (Wildman–Crippen LogP) is 8.72. The van der Waals surface area contributed by atoms with Crippen molar-refractivity contribution in [3.63, 3.8) is 0 Å². The molecule has 29 heavy (non-hydrogen) atoms. The van der Waals surface area contributed by atoms with Crippen molar-refractivity contribution in [2.75, 3.05) is 0 Å². The third-order valence-electron chi connectivity index (χ3n) is 6.40. The first-order chi connectivity index (χ1) is 14.2. The molecule has 0 aromatic heterocycles. The van der Waals surface area contributed by atoms with E-state index in [0.29, 0.717) is 0 Å². The maximum atomic E-state index is 10.1. The largest absolute Gasteiger partial charge is 0.390 e. The third kappa shape index (κ3) is 22.4. The van der Waals surface area contributed by atoms with Crippen LogP contribution in [0.3, 0.4) is 0 Å². The number of hydrogen-bond donors (Lipinski definition) is 2. The molecular weight excluding hydrogens is 356 g/mol. The quantitative estimate of drug-likeness (QED) is 0.156. The van der Waals surface area contributed by atoms with Gasteiger partial charge in [0.05, 0.1) is 12.2 Å². The van der Waals surface area contributed by atoms with E-state index in [0.717, 1.165) is 25.7 Å². The summed E-state index contributed by atoms with van der Waals surface area (Å²) in [7, 11) is 0. The molecule has 0 aliphatic carbocycles. The predicted molar refractivity (Wildman–Crippen MR) is 130 cm³/mol. The molecule has 176 valence electrons. The maximum absolute atomic E-state index is 10.1. The second kappa shape index (κ2) is 24.2. The van der Waals surface area contributed by atoms with Crippen molar-refractivity contribution in [1.29, 1.82) is 0 Å². The Morgan fingerprint density at radius 1 is 0.345 bits per heavy atom. The van der Waals surface area contributed by atoms with Crippen LogP contribution in [0.1, 0.15) is 162 Å². The van der Waals surface area contributed by atoms with Gasteiger partial charge in [0.1, 0.15) is 0 Å². The summed E-state index contributed by atoms with van der Waals surface area (Å²) in [6.45, 7) is 4.50. The van der Waals surface area contributed by atoms with Crippen molar-refractivity contribution in [1.82, 2.24) is 0 Å². The van der Waals surface area contributed by atoms with Gasteiger partial charge in [0, 0.05) is 0 Å². The molecule has 2 N–H and O–H groups in total. The molecule has 0 aliphatic heterocycles. The van der Waals surface area contributed by atoms with Gasteiger partial charge in [0.25, 0.3) is 0 Å². The Kier molecular flexibility index (Phi) is 24.1. The molecule has 0 saturated carbocycles. The lowest BCUT2D eigenvalue weighted by Gasteiger charge is -2.17. The summed E-state index contributed by atoms with van der Waals surface area (Å²) in [5.74, 6) is 0. The molecule has 0 radical (unpaired) electrons. The summed E-state index contributed by atoms with van der Waals surface area (Å²) >= 11 is 0. The molecule has 0 fully saturated rings. The van der Waals surface area contributed by atoms with Crippen LogP contribution in [0.5, 0.6) is 0 Å². The molecule has 0 spiro atoms. The summed E-state index contributed by atoms with van der Waals surface area (Å²) in [6, 6.07) is 0. The Hall–Kier alpha value is -0.0800. The highest BCUT2D eigenvalue weighted by atomic mass is 16.3. The zero-order valence-electron chi connectivity index (χ0n) is 20.3. The number of aliphatic hydroxyl groups excluding tert-OH is 2. The molecule has 0 aliphatic rings. The normalized spacial score (nSPS) is 13.7. The monoisotopic (exact) mass is 412 g/mol. The fourth-order valence-corrected chi connectivity index (χ4v) is 4.24. The molecule has 0 saturated heterocycles. The molecule has 0 bridgehead atoms. The summed E-state index contributed by atoms with van der Waals surface area (Å²) in [5, 5.41) is 20.1. The lowest BCUT2D eigenvalue weighted by Crippen LogP contribution is -2.25. The van der Waals surface area contributed by atoms with E-state index >= 15 is 0 Å². The molecule has 0 rings (SSSR count). The van der Waals surface area contributed by atoms with E-state index in [1.165, 1.54) is 122 Å². The average Bonchev–Trinajstić information content (AvgIpc) is 2.73. The van der Waals surface area contributed by atoms with Gasteiger partial charge >= 0.3 is 0 Å². The number of rotatable bonds is 24. The van der Waals surface area contributed by atoms with E-state index in [-0.39, 0.29) is 0 Å². The Bertz CT molecular complexity index is 292. The van der Waals surface area contributed by atoms with Crippen LogP contribution in [0.25, 0.3) is 0 Å². The van der Waals surface area contributed by atoms with Gasteiger partial charge in [-0.15, -0.1) is 0 Å². The van der Waals surface area contributed by atoms with Crippen LogP contribution in [0.15, 0.2) is 0 Å². The minimum absolute atomic E-state index is 0.507. The molecule has 2 atom stereocenters. The lowest BCUT2D eigenvalue weighted by atomic mass is 9.99. The minimum atomic E-state index is -0.507. The van der Waals surface area contributed by atoms with Crippen molar-refractivity contribution < 1.29 is 10.2 Å². The van der Waals surface area contributed by atoms with E-state index in [1.54, 1.807) is 0 Å². The molecule has 2 nitrogen and oxygen atoms in total. The van der Waals surface area contributed by atoms with E-state index in [4.69, 9.17) is 0 Å². The zero-order valence-corrected chi connectivity index (χ0v) is 20.3. The van der Waals surface area contributed by atoms with Gasteiger partial charge in [0.15, 0.2) is 0 Å². The topological polar surface area (TPSA) is 40.5 Å². The van der Waals surface area contributed by atoms with Crippen molar-refractivity contribution in [3.8, 4) is 0 Å². The first-order valence-corrected chi connectivity index (χ1v) is 13.6. The second-order valence-electron chi connectivity index (χ2n) is 9.43. The second-order valence-corrected chi connectivity index (χ2v) is 9.43. The summed E-state index contributed by atoms with van der Waals surface area (Å²) < 4.78 is 0. The van der Waals surface area contributed by atoms with E-state index < -0.39 is 12.2 Å². The fourth-order valence-electron chi connectivity index (χ4n) is 4.24. The maximum Gasteiger partial charge on any atom is 0.0799 e. The number of hydrogen-bond acceptors (Lipinski definition) is 2. The van der Waals surface area contributed by atoms with Crippen LogP contribution in [-0.4, -0.2) is 22.4 Å². The van der Waals surface area contributed by atoms with Crippen molar-refractivity contribution >= 4 is 0 Å². The molecule has 0 unspecified atom stereocenters. The highest BCUT2D eigenvalue weighted by molar-refractivity contribution is 4.67. The smallest absolute Gasteiger partial charge is 0.0799 e. The first kappa shape index (κ1) is 28.9. The number of unbranched alkanes of at least 4 members (excludes halogenated alkanes) is 19. The van der Waals surface area contributed by atoms with E-state index in [2.05, 4.69) is 13.8 Å². The van der Waals surface area contributed by atoms with E-state index in [1.807, 2.05) is 0 Å². The van der Waals surface area contributed by atoms with Crippen LogP contribution in [-0.2, 0) is 0 Å². The van der Waals surface area contributed by atoms with Gasteiger partial charge < -0.3 is 10.2 Å². The Balaban J connectivity index is 3.22. The standard InChI is InChI=1S/C27H56O2/c1-3-5-7-9-10-11-12-13-14-15-16-17-18-19-21-23-25-27(29)26(28)24-22-20-8-6-4-2/h26-29H,3-25H2,1-2H3/t26-,27+/m1/s1. The first-order valence-electron chi connectivity index (χ1n) is 13.6. The molecule has 0 aromatic rings. The Morgan fingerprint density at radius 2 is 0.552 bits per heavy atom. The van der Waals surface area contributed by atoms with Crippen molar-refractivity contribution in [3.05, 3.63) is 0 Å².